The highest BCUT2D eigenvalue weighted by Gasteiger charge is 2.18. The highest BCUT2D eigenvalue weighted by molar-refractivity contribution is 6.31. The Labute approximate surface area is 200 Å². The van der Waals surface area contributed by atoms with Crippen LogP contribution < -0.4 is 20.3 Å². The fourth-order valence-electron chi connectivity index (χ4n) is 4.23. The van der Waals surface area contributed by atoms with Crippen molar-refractivity contribution in [3.05, 3.63) is 86.6 Å². The summed E-state index contributed by atoms with van der Waals surface area (Å²) in [5.41, 5.74) is 3.28. The molecule has 5 rings (SSSR count). The van der Waals surface area contributed by atoms with E-state index >= 15 is 0 Å². The van der Waals surface area contributed by atoms with Crippen LogP contribution in [0.5, 0.6) is 11.5 Å². The minimum absolute atomic E-state index is 0.173. The second-order valence-electron chi connectivity index (χ2n) is 8.21. The molecule has 2 aromatic carbocycles. The van der Waals surface area contributed by atoms with Gasteiger partial charge in [0.15, 0.2) is 11.5 Å². The summed E-state index contributed by atoms with van der Waals surface area (Å²) in [5, 5.41) is 9.09. The lowest BCUT2D eigenvalue weighted by molar-refractivity contribution is -0.122. The van der Waals surface area contributed by atoms with Gasteiger partial charge in [0.25, 0.3) is 5.56 Å². The van der Waals surface area contributed by atoms with Gasteiger partial charge in [-0.15, -0.1) is 0 Å². The average molecular weight is 479 g/mol. The summed E-state index contributed by atoms with van der Waals surface area (Å²) >= 11 is 6.34. The van der Waals surface area contributed by atoms with Crippen LogP contribution in [0.15, 0.2) is 53.5 Å². The molecule has 1 aliphatic heterocycles. The minimum atomic E-state index is -0.309. The standard InChI is InChI=1S/C25H23ClN4O4/c1-15-19-11-28-30(13-23(31)27-10-17-7-8-21-22(9-17)34-14-33-21)25(32)24(19)16(2)29(15)12-18-5-3-4-6-20(18)26/h3-9,11H,10,12-14H2,1-2H3,(H,27,31). The van der Waals surface area contributed by atoms with E-state index in [1.54, 1.807) is 6.20 Å². The van der Waals surface area contributed by atoms with Gasteiger partial charge in [0.1, 0.15) is 6.54 Å². The summed E-state index contributed by atoms with van der Waals surface area (Å²) in [6.07, 6.45) is 1.65. The molecule has 0 aliphatic carbocycles. The molecule has 3 heterocycles. The van der Waals surface area contributed by atoms with Crippen molar-refractivity contribution >= 4 is 28.3 Å². The molecule has 1 aliphatic rings. The quantitative estimate of drug-likeness (QED) is 0.458. The minimum Gasteiger partial charge on any atom is -0.454 e. The smallest absolute Gasteiger partial charge is 0.276 e. The normalized spacial score (nSPS) is 12.3. The third kappa shape index (κ3) is 4.01. The van der Waals surface area contributed by atoms with Crippen LogP contribution in [-0.4, -0.2) is 27.0 Å². The number of hydrogen-bond acceptors (Lipinski definition) is 5. The Balaban J connectivity index is 1.35. The monoisotopic (exact) mass is 478 g/mol. The Hall–Kier alpha value is -3.78. The first-order chi connectivity index (χ1) is 16.4. The van der Waals surface area contributed by atoms with Crippen molar-refractivity contribution in [2.24, 2.45) is 0 Å². The number of fused-ring (bicyclic) bond motifs is 2. The summed E-state index contributed by atoms with van der Waals surface area (Å²) in [7, 11) is 0. The summed E-state index contributed by atoms with van der Waals surface area (Å²) < 4.78 is 13.9. The molecule has 34 heavy (non-hydrogen) atoms. The highest BCUT2D eigenvalue weighted by atomic mass is 35.5. The van der Waals surface area contributed by atoms with E-state index in [1.165, 1.54) is 4.68 Å². The van der Waals surface area contributed by atoms with E-state index < -0.39 is 0 Å². The Bertz CT molecular complexity index is 1470. The molecule has 8 nitrogen and oxygen atoms in total. The summed E-state index contributed by atoms with van der Waals surface area (Å²) in [4.78, 5) is 25.8. The van der Waals surface area contributed by atoms with Gasteiger partial charge in [0.2, 0.25) is 12.7 Å². The Morgan fingerprint density at radius 2 is 1.91 bits per heavy atom. The third-order valence-electron chi connectivity index (χ3n) is 6.11. The number of halogens is 1. The maximum Gasteiger partial charge on any atom is 0.276 e. The highest BCUT2D eigenvalue weighted by Crippen LogP contribution is 2.32. The zero-order valence-corrected chi connectivity index (χ0v) is 19.6. The molecule has 174 valence electrons. The second kappa shape index (κ2) is 8.87. The predicted octanol–water partition coefficient (Wildman–Crippen LogP) is 3.56. The molecule has 0 spiro atoms. The molecule has 0 bridgehead atoms. The van der Waals surface area contributed by atoms with Gasteiger partial charge in [-0.25, -0.2) is 4.68 Å². The number of nitrogens with zero attached hydrogens (tertiary/aromatic N) is 3. The maximum absolute atomic E-state index is 13.2. The molecule has 0 atom stereocenters. The fourth-order valence-corrected chi connectivity index (χ4v) is 4.43. The van der Waals surface area contributed by atoms with Gasteiger partial charge in [0, 0.05) is 34.9 Å². The summed E-state index contributed by atoms with van der Waals surface area (Å²) in [5.74, 6) is 1.03. The predicted molar refractivity (Wildman–Crippen MR) is 128 cm³/mol. The van der Waals surface area contributed by atoms with Crippen LogP contribution in [0.3, 0.4) is 0 Å². The summed E-state index contributed by atoms with van der Waals surface area (Å²) in [6.45, 7) is 4.72. The van der Waals surface area contributed by atoms with Gasteiger partial charge in [-0.05, 0) is 43.2 Å². The first-order valence-corrected chi connectivity index (χ1v) is 11.2. The van der Waals surface area contributed by atoms with Crippen LogP contribution in [0.1, 0.15) is 22.5 Å². The second-order valence-corrected chi connectivity index (χ2v) is 8.62. The first-order valence-electron chi connectivity index (χ1n) is 10.9. The van der Waals surface area contributed by atoms with Crippen molar-refractivity contribution in [2.45, 2.75) is 33.5 Å². The molecule has 9 heteroatoms. The number of nitrogens with one attached hydrogen (secondary N) is 1. The molecule has 4 aromatic rings. The number of carbonyl (C=O) groups is 1. The maximum atomic E-state index is 13.2. The van der Waals surface area contributed by atoms with Crippen LogP contribution in [-0.2, 0) is 24.4 Å². The lowest BCUT2D eigenvalue weighted by Crippen LogP contribution is -2.33. The number of aryl methyl sites for hydroxylation is 2. The van der Waals surface area contributed by atoms with Gasteiger partial charge in [-0.2, -0.15) is 5.10 Å². The molecule has 1 amide bonds. The van der Waals surface area contributed by atoms with Crippen molar-refractivity contribution in [3.63, 3.8) is 0 Å². The summed E-state index contributed by atoms with van der Waals surface area (Å²) in [6, 6.07) is 13.1. The molecule has 2 aromatic heterocycles. The van der Waals surface area contributed by atoms with E-state index in [2.05, 4.69) is 15.0 Å². The fraction of sp³-hybridized carbons (Fsp3) is 0.240. The van der Waals surface area contributed by atoms with E-state index in [9.17, 15) is 9.59 Å². The molecule has 0 saturated carbocycles. The van der Waals surface area contributed by atoms with Crippen molar-refractivity contribution in [1.29, 1.82) is 0 Å². The number of rotatable bonds is 6. The molecular formula is C25H23ClN4O4. The van der Waals surface area contributed by atoms with E-state index in [-0.39, 0.29) is 24.8 Å². The number of carbonyl (C=O) groups excluding carboxylic acids is 1. The van der Waals surface area contributed by atoms with Crippen molar-refractivity contribution in [1.82, 2.24) is 19.7 Å². The van der Waals surface area contributed by atoms with Crippen molar-refractivity contribution in [3.8, 4) is 11.5 Å². The molecule has 0 unspecified atom stereocenters. The molecule has 1 N–H and O–H groups in total. The third-order valence-corrected chi connectivity index (χ3v) is 6.48. The van der Waals surface area contributed by atoms with Crippen LogP contribution in [0.2, 0.25) is 5.02 Å². The topological polar surface area (TPSA) is 87.4 Å². The van der Waals surface area contributed by atoms with Gasteiger partial charge in [0.05, 0.1) is 11.6 Å². The Kier molecular flexibility index (Phi) is 5.75. The van der Waals surface area contributed by atoms with E-state index in [4.69, 9.17) is 21.1 Å². The largest absolute Gasteiger partial charge is 0.454 e. The van der Waals surface area contributed by atoms with Gasteiger partial charge in [-0.1, -0.05) is 35.9 Å². The molecule has 0 fully saturated rings. The lowest BCUT2D eigenvalue weighted by Gasteiger charge is -2.10. The van der Waals surface area contributed by atoms with E-state index in [0.717, 1.165) is 27.9 Å². The Morgan fingerprint density at radius 3 is 2.74 bits per heavy atom. The number of hydrogen-bond donors (Lipinski definition) is 1. The van der Waals surface area contributed by atoms with Gasteiger partial charge >= 0.3 is 0 Å². The molecule has 0 saturated heterocycles. The lowest BCUT2D eigenvalue weighted by atomic mass is 10.2. The van der Waals surface area contributed by atoms with Crippen LogP contribution >= 0.6 is 11.6 Å². The first kappa shape index (κ1) is 22.0. The Morgan fingerprint density at radius 1 is 1.12 bits per heavy atom. The van der Waals surface area contributed by atoms with Crippen LogP contribution in [0.4, 0.5) is 0 Å². The number of amides is 1. The van der Waals surface area contributed by atoms with E-state index in [0.29, 0.717) is 35.0 Å². The van der Waals surface area contributed by atoms with E-state index in [1.807, 2.05) is 56.3 Å². The van der Waals surface area contributed by atoms with Crippen LogP contribution in [0.25, 0.3) is 10.8 Å². The van der Waals surface area contributed by atoms with Crippen molar-refractivity contribution < 1.29 is 14.3 Å². The van der Waals surface area contributed by atoms with Gasteiger partial charge < -0.3 is 19.4 Å². The average Bonchev–Trinajstić information content (AvgIpc) is 3.39. The van der Waals surface area contributed by atoms with Crippen LogP contribution in [0, 0.1) is 13.8 Å². The molecule has 0 radical (unpaired) electrons. The zero-order valence-electron chi connectivity index (χ0n) is 18.8. The zero-order chi connectivity index (χ0) is 23.8. The van der Waals surface area contributed by atoms with Gasteiger partial charge in [-0.3, -0.25) is 9.59 Å². The van der Waals surface area contributed by atoms with Crippen molar-refractivity contribution in [2.75, 3.05) is 6.79 Å². The molecular weight excluding hydrogens is 456 g/mol. The number of benzene rings is 2. The number of aromatic nitrogens is 3. The number of ether oxygens (including phenoxy) is 2. The SMILES string of the molecule is Cc1c2cnn(CC(=O)NCc3ccc4c(c3)OCO4)c(=O)c2c(C)n1Cc1ccccc1Cl.